The third-order valence-corrected chi connectivity index (χ3v) is 8.64. The number of hydrogen-bond acceptors (Lipinski definition) is 5. The molecule has 3 N–H and O–H groups in total. The van der Waals surface area contributed by atoms with Gasteiger partial charge >= 0.3 is 0 Å². The predicted octanol–water partition coefficient (Wildman–Crippen LogP) is 2.01. The van der Waals surface area contributed by atoms with Crippen LogP contribution in [0.2, 0.25) is 0 Å². The van der Waals surface area contributed by atoms with Crippen LogP contribution in [-0.2, 0) is 32.2 Å². The SMILES string of the molecule is CC1CC23O[C@]1(C)[C@@H](C(=O)NCc1ccccc1)[C@H]2C(=O)N([C@H](C)CO)C3C(=O)NCc1ccccc1. The fourth-order valence-electron chi connectivity index (χ4n) is 6.72. The molecule has 0 saturated carbocycles. The number of rotatable bonds is 8. The van der Waals surface area contributed by atoms with Gasteiger partial charge in [0, 0.05) is 13.1 Å². The summed E-state index contributed by atoms with van der Waals surface area (Å²) < 4.78 is 6.68. The van der Waals surface area contributed by atoms with Gasteiger partial charge in [0.2, 0.25) is 17.7 Å². The van der Waals surface area contributed by atoms with Crippen LogP contribution >= 0.6 is 0 Å². The van der Waals surface area contributed by atoms with Crippen LogP contribution in [0.15, 0.2) is 60.7 Å². The number of aliphatic hydroxyl groups excluding tert-OH is 1. The van der Waals surface area contributed by atoms with E-state index in [0.29, 0.717) is 19.5 Å². The minimum atomic E-state index is -1.13. The maximum atomic E-state index is 14.0. The van der Waals surface area contributed by atoms with Gasteiger partial charge in [0.15, 0.2) is 0 Å². The molecule has 5 rings (SSSR count). The first kappa shape index (κ1) is 25.4. The lowest BCUT2D eigenvalue weighted by molar-refractivity contribution is -0.150. The molecule has 3 amide bonds. The number of nitrogens with zero attached hydrogens (tertiary/aromatic N) is 1. The van der Waals surface area contributed by atoms with E-state index in [1.165, 1.54) is 4.90 Å². The highest BCUT2D eigenvalue weighted by molar-refractivity contribution is 5.99. The van der Waals surface area contributed by atoms with E-state index in [-0.39, 0.29) is 30.2 Å². The number of fused-ring (bicyclic) bond motifs is 1. The van der Waals surface area contributed by atoms with Crippen LogP contribution in [0.1, 0.15) is 38.3 Å². The number of benzene rings is 2. The number of carbonyl (C=O) groups is 3. The molecule has 3 saturated heterocycles. The molecule has 2 aromatic carbocycles. The summed E-state index contributed by atoms with van der Waals surface area (Å²) in [5, 5.41) is 16.0. The number of amides is 3. The highest BCUT2D eigenvalue weighted by Crippen LogP contribution is 2.65. The molecule has 1 spiro atoms. The van der Waals surface area contributed by atoms with Crippen molar-refractivity contribution in [3.8, 4) is 0 Å². The van der Waals surface area contributed by atoms with Crippen molar-refractivity contribution in [1.82, 2.24) is 15.5 Å². The summed E-state index contributed by atoms with van der Waals surface area (Å²) in [4.78, 5) is 42.8. The Bertz CT molecular complexity index is 1170. The molecule has 196 valence electrons. The third-order valence-electron chi connectivity index (χ3n) is 8.64. The Kier molecular flexibility index (Phi) is 6.58. The fourth-order valence-corrected chi connectivity index (χ4v) is 6.72. The van der Waals surface area contributed by atoms with Gasteiger partial charge in [-0.05, 0) is 37.3 Å². The van der Waals surface area contributed by atoms with Crippen molar-refractivity contribution in [3.05, 3.63) is 71.8 Å². The lowest BCUT2D eigenvalue weighted by Crippen LogP contribution is -2.57. The molecule has 3 fully saturated rings. The summed E-state index contributed by atoms with van der Waals surface area (Å²) in [5.41, 5.74) is -0.122. The first-order valence-electron chi connectivity index (χ1n) is 13.0. The van der Waals surface area contributed by atoms with Crippen molar-refractivity contribution in [2.75, 3.05) is 6.61 Å². The minimum absolute atomic E-state index is 0.0437. The second kappa shape index (κ2) is 9.58. The number of nitrogens with one attached hydrogen (secondary N) is 2. The quantitative estimate of drug-likeness (QED) is 0.509. The van der Waals surface area contributed by atoms with Crippen LogP contribution in [0.25, 0.3) is 0 Å². The highest BCUT2D eigenvalue weighted by atomic mass is 16.5. The molecule has 8 nitrogen and oxygen atoms in total. The summed E-state index contributed by atoms with van der Waals surface area (Å²) >= 11 is 0. The van der Waals surface area contributed by atoms with Crippen LogP contribution in [0.5, 0.6) is 0 Å². The summed E-state index contributed by atoms with van der Waals surface area (Å²) in [6.07, 6.45) is 0.487. The minimum Gasteiger partial charge on any atom is -0.394 e. The van der Waals surface area contributed by atoms with Gasteiger partial charge in [-0.25, -0.2) is 0 Å². The highest BCUT2D eigenvalue weighted by Gasteiger charge is 2.80. The number of carbonyl (C=O) groups excluding carboxylic acids is 3. The predicted molar refractivity (Wildman–Crippen MR) is 137 cm³/mol. The van der Waals surface area contributed by atoms with Gasteiger partial charge in [-0.15, -0.1) is 0 Å². The Morgan fingerprint density at radius 3 is 2.11 bits per heavy atom. The average Bonchev–Trinajstić information content (AvgIpc) is 3.43. The van der Waals surface area contributed by atoms with E-state index < -0.39 is 35.1 Å². The Morgan fingerprint density at radius 2 is 1.57 bits per heavy atom. The van der Waals surface area contributed by atoms with Gasteiger partial charge in [0.05, 0.1) is 30.1 Å². The normalized spacial score (nSPS) is 32.8. The average molecular weight is 506 g/mol. The molecule has 0 radical (unpaired) electrons. The summed E-state index contributed by atoms with van der Waals surface area (Å²) in [6, 6.07) is 17.6. The molecule has 2 aromatic rings. The van der Waals surface area contributed by atoms with Crippen molar-refractivity contribution >= 4 is 17.7 Å². The van der Waals surface area contributed by atoms with Gasteiger partial charge in [-0.2, -0.15) is 0 Å². The zero-order chi connectivity index (χ0) is 26.4. The number of aliphatic hydroxyl groups is 1. The Hall–Kier alpha value is -3.23. The molecule has 3 aliphatic heterocycles. The molecule has 3 unspecified atom stereocenters. The van der Waals surface area contributed by atoms with Crippen LogP contribution in [-0.4, -0.2) is 57.6 Å². The van der Waals surface area contributed by atoms with E-state index in [9.17, 15) is 19.5 Å². The lowest BCUT2D eigenvalue weighted by Gasteiger charge is -2.36. The van der Waals surface area contributed by atoms with Crippen molar-refractivity contribution < 1.29 is 24.2 Å². The molecular weight excluding hydrogens is 470 g/mol. The van der Waals surface area contributed by atoms with Crippen molar-refractivity contribution in [1.29, 1.82) is 0 Å². The lowest BCUT2D eigenvalue weighted by atomic mass is 9.62. The van der Waals surface area contributed by atoms with E-state index in [0.717, 1.165) is 11.1 Å². The van der Waals surface area contributed by atoms with Gasteiger partial charge in [-0.3, -0.25) is 14.4 Å². The van der Waals surface area contributed by atoms with Crippen LogP contribution < -0.4 is 10.6 Å². The molecule has 7 atom stereocenters. The topological polar surface area (TPSA) is 108 Å². The molecule has 2 bridgehead atoms. The Labute approximate surface area is 217 Å². The second-order valence-corrected chi connectivity index (χ2v) is 10.9. The Morgan fingerprint density at radius 1 is 1.03 bits per heavy atom. The number of ether oxygens (including phenoxy) is 1. The zero-order valence-corrected chi connectivity index (χ0v) is 21.5. The monoisotopic (exact) mass is 505 g/mol. The van der Waals surface area contributed by atoms with E-state index in [1.807, 2.05) is 74.5 Å². The van der Waals surface area contributed by atoms with Crippen LogP contribution in [0.3, 0.4) is 0 Å². The number of hydrogen-bond donors (Lipinski definition) is 3. The molecule has 8 heteroatoms. The molecular formula is C29H35N3O5. The van der Waals surface area contributed by atoms with Crippen LogP contribution in [0, 0.1) is 17.8 Å². The molecule has 3 heterocycles. The molecule has 0 aliphatic carbocycles. The molecule has 0 aromatic heterocycles. The van der Waals surface area contributed by atoms with Gasteiger partial charge in [-0.1, -0.05) is 67.6 Å². The standard InChI is InChI=1S/C29H35N3O5/c1-18-14-29-23(22(28(18,3)37-29)25(34)30-15-20-10-6-4-7-11-20)27(36)32(19(2)17-33)24(29)26(35)31-16-21-12-8-5-9-13-21/h4-13,18-19,22-24,33H,14-17H2,1-3H3,(H,30,34)(H,31,35)/t18?,19-,22-,23+,24?,28+,29?/m1/s1. The molecule has 37 heavy (non-hydrogen) atoms. The Balaban J connectivity index is 1.46. The van der Waals surface area contributed by atoms with Gasteiger partial charge in [0.25, 0.3) is 0 Å². The van der Waals surface area contributed by atoms with E-state index in [4.69, 9.17) is 4.74 Å². The maximum Gasteiger partial charge on any atom is 0.246 e. The third kappa shape index (κ3) is 4.03. The van der Waals surface area contributed by atoms with E-state index in [1.54, 1.807) is 6.92 Å². The van der Waals surface area contributed by atoms with Crippen LogP contribution in [0.4, 0.5) is 0 Å². The first-order valence-corrected chi connectivity index (χ1v) is 13.0. The second-order valence-electron chi connectivity index (χ2n) is 10.9. The largest absolute Gasteiger partial charge is 0.394 e. The van der Waals surface area contributed by atoms with E-state index >= 15 is 0 Å². The smallest absolute Gasteiger partial charge is 0.246 e. The first-order chi connectivity index (χ1) is 17.7. The summed E-state index contributed by atoms with van der Waals surface area (Å²) in [5.74, 6) is -2.48. The van der Waals surface area contributed by atoms with Gasteiger partial charge < -0.3 is 25.4 Å². The maximum absolute atomic E-state index is 14.0. The van der Waals surface area contributed by atoms with Crippen molar-refractivity contribution in [2.45, 2.75) is 63.6 Å². The molecule has 3 aliphatic rings. The van der Waals surface area contributed by atoms with Crippen molar-refractivity contribution in [3.63, 3.8) is 0 Å². The van der Waals surface area contributed by atoms with E-state index in [2.05, 4.69) is 10.6 Å². The summed E-state index contributed by atoms with van der Waals surface area (Å²) in [7, 11) is 0. The van der Waals surface area contributed by atoms with Crippen molar-refractivity contribution in [2.24, 2.45) is 17.8 Å². The fraction of sp³-hybridized carbons (Fsp3) is 0.483. The van der Waals surface area contributed by atoms with Gasteiger partial charge in [0.1, 0.15) is 11.6 Å². The summed E-state index contributed by atoms with van der Waals surface area (Å²) in [6.45, 7) is 5.98. The number of likely N-dealkylation sites (tertiary alicyclic amines) is 1. The zero-order valence-electron chi connectivity index (χ0n) is 21.5.